The van der Waals surface area contributed by atoms with E-state index in [9.17, 15) is 0 Å². The molecule has 0 bridgehead atoms. The summed E-state index contributed by atoms with van der Waals surface area (Å²) in [6, 6.07) is 43.4. The van der Waals surface area contributed by atoms with Crippen molar-refractivity contribution in [2.24, 2.45) is 0 Å². The molecular formula is C37H33N. The molecule has 0 aromatic heterocycles. The zero-order chi connectivity index (χ0) is 26.3. The average molecular weight is 492 g/mol. The van der Waals surface area contributed by atoms with Gasteiger partial charge in [0.05, 0.1) is 0 Å². The third-order valence-electron chi connectivity index (χ3n) is 6.69. The quantitative estimate of drug-likeness (QED) is 0.205. The second-order valence-electron chi connectivity index (χ2n) is 9.84. The number of anilines is 3. The molecule has 0 amide bonds. The predicted molar refractivity (Wildman–Crippen MR) is 166 cm³/mol. The molecule has 5 aromatic rings. The largest absolute Gasteiger partial charge is 0.311 e. The van der Waals surface area contributed by atoms with E-state index in [1.807, 2.05) is 0 Å². The minimum Gasteiger partial charge on any atom is -0.311 e. The first-order chi connectivity index (χ1) is 18.5. The standard InChI is InChI=1S/C37H33N/c1-28-4-10-31(11-5-28)12-13-32-14-16-33(17-15-32)18-19-34-20-26-37(27-21-34)38(35-22-6-29(2)7-23-35)36-24-8-30(3)9-25-36/h4-27H,1-3H3/b13-12+,19-18+. The van der Waals surface area contributed by atoms with E-state index in [1.165, 1.54) is 38.9 Å². The van der Waals surface area contributed by atoms with Crippen molar-refractivity contribution in [1.29, 1.82) is 0 Å². The first-order valence-electron chi connectivity index (χ1n) is 13.1. The van der Waals surface area contributed by atoms with Crippen LogP contribution in [0.2, 0.25) is 0 Å². The van der Waals surface area contributed by atoms with Crippen LogP contribution >= 0.6 is 0 Å². The monoisotopic (exact) mass is 491 g/mol. The van der Waals surface area contributed by atoms with Crippen LogP contribution in [0.3, 0.4) is 0 Å². The lowest BCUT2D eigenvalue weighted by Gasteiger charge is -2.25. The van der Waals surface area contributed by atoms with E-state index in [4.69, 9.17) is 0 Å². The molecule has 186 valence electrons. The lowest BCUT2D eigenvalue weighted by molar-refractivity contribution is 1.27. The zero-order valence-corrected chi connectivity index (χ0v) is 22.3. The van der Waals surface area contributed by atoms with Crippen LogP contribution in [0.15, 0.2) is 121 Å². The molecule has 1 nitrogen and oxygen atoms in total. The van der Waals surface area contributed by atoms with Gasteiger partial charge < -0.3 is 4.90 Å². The third kappa shape index (κ3) is 6.38. The van der Waals surface area contributed by atoms with Gasteiger partial charge >= 0.3 is 0 Å². The normalized spacial score (nSPS) is 11.3. The third-order valence-corrected chi connectivity index (χ3v) is 6.69. The number of benzene rings is 5. The number of hydrogen-bond acceptors (Lipinski definition) is 1. The Hall–Kier alpha value is -4.62. The molecule has 0 N–H and O–H groups in total. The second kappa shape index (κ2) is 11.6. The molecule has 0 fully saturated rings. The van der Waals surface area contributed by atoms with E-state index >= 15 is 0 Å². The highest BCUT2D eigenvalue weighted by Gasteiger charge is 2.12. The fourth-order valence-electron chi connectivity index (χ4n) is 4.35. The maximum Gasteiger partial charge on any atom is 0.0462 e. The van der Waals surface area contributed by atoms with Crippen LogP contribution in [-0.2, 0) is 0 Å². The lowest BCUT2D eigenvalue weighted by Crippen LogP contribution is -2.09. The highest BCUT2D eigenvalue weighted by Crippen LogP contribution is 2.34. The van der Waals surface area contributed by atoms with E-state index in [1.54, 1.807) is 0 Å². The van der Waals surface area contributed by atoms with Gasteiger partial charge in [-0.3, -0.25) is 0 Å². The van der Waals surface area contributed by atoms with Crippen LogP contribution in [-0.4, -0.2) is 0 Å². The zero-order valence-electron chi connectivity index (χ0n) is 22.3. The van der Waals surface area contributed by atoms with Crippen molar-refractivity contribution < 1.29 is 0 Å². The Morgan fingerprint density at radius 2 is 0.526 bits per heavy atom. The molecule has 0 aliphatic carbocycles. The smallest absolute Gasteiger partial charge is 0.0462 e. The van der Waals surface area contributed by atoms with Gasteiger partial charge in [-0.25, -0.2) is 0 Å². The summed E-state index contributed by atoms with van der Waals surface area (Å²) in [5.41, 5.74) is 12.0. The second-order valence-corrected chi connectivity index (χ2v) is 9.84. The Morgan fingerprint density at radius 3 is 0.842 bits per heavy atom. The molecule has 0 atom stereocenters. The lowest BCUT2D eigenvalue weighted by atomic mass is 10.1. The summed E-state index contributed by atoms with van der Waals surface area (Å²) in [6.07, 6.45) is 8.65. The van der Waals surface area contributed by atoms with Crippen LogP contribution in [0.5, 0.6) is 0 Å². The highest BCUT2D eigenvalue weighted by atomic mass is 15.1. The first-order valence-corrected chi connectivity index (χ1v) is 13.1. The summed E-state index contributed by atoms with van der Waals surface area (Å²) >= 11 is 0. The van der Waals surface area contributed by atoms with Crippen LogP contribution in [0, 0.1) is 20.8 Å². The molecule has 0 aliphatic rings. The van der Waals surface area contributed by atoms with Crippen molar-refractivity contribution in [1.82, 2.24) is 0 Å². The summed E-state index contributed by atoms with van der Waals surface area (Å²) in [6.45, 7) is 6.35. The van der Waals surface area contributed by atoms with Gasteiger partial charge in [0.2, 0.25) is 0 Å². The number of nitrogens with zero attached hydrogens (tertiary/aromatic N) is 1. The summed E-state index contributed by atoms with van der Waals surface area (Å²) < 4.78 is 0. The Balaban J connectivity index is 1.31. The van der Waals surface area contributed by atoms with Crippen molar-refractivity contribution in [3.8, 4) is 0 Å². The summed E-state index contributed by atoms with van der Waals surface area (Å²) in [5, 5.41) is 0. The Morgan fingerprint density at radius 1 is 0.316 bits per heavy atom. The SMILES string of the molecule is Cc1ccc(/C=C/c2ccc(/C=C/c3ccc(N(c4ccc(C)cc4)c4ccc(C)cc4)cc3)cc2)cc1. The van der Waals surface area contributed by atoms with E-state index < -0.39 is 0 Å². The van der Waals surface area contributed by atoms with E-state index in [2.05, 4.69) is 171 Å². The summed E-state index contributed by atoms with van der Waals surface area (Å²) in [7, 11) is 0. The summed E-state index contributed by atoms with van der Waals surface area (Å²) in [5.74, 6) is 0. The molecule has 5 aromatic carbocycles. The van der Waals surface area contributed by atoms with Crippen molar-refractivity contribution in [3.63, 3.8) is 0 Å². The number of aryl methyl sites for hydroxylation is 3. The van der Waals surface area contributed by atoms with Crippen LogP contribution in [0.25, 0.3) is 24.3 Å². The molecule has 0 aliphatic heterocycles. The predicted octanol–water partition coefficient (Wildman–Crippen LogP) is 10.4. The minimum atomic E-state index is 1.14. The fraction of sp³-hybridized carbons (Fsp3) is 0.0811. The van der Waals surface area contributed by atoms with Gasteiger partial charge in [-0.1, -0.05) is 126 Å². The van der Waals surface area contributed by atoms with Gasteiger partial charge in [0.25, 0.3) is 0 Å². The Kier molecular flexibility index (Phi) is 7.66. The van der Waals surface area contributed by atoms with Gasteiger partial charge in [0, 0.05) is 17.1 Å². The van der Waals surface area contributed by atoms with Crippen LogP contribution in [0.1, 0.15) is 38.9 Å². The average Bonchev–Trinajstić information content (AvgIpc) is 2.95. The highest BCUT2D eigenvalue weighted by molar-refractivity contribution is 5.78. The molecule has 0 saturated heterocycles. The van der Waals surface area contributed by atoms with Gasteiger partial charge in [-0.15, -0.1) is 0 Å². The van der Waals surface area contributed by atoms with Crippen LogP contribution in [0.4, 0.5) is 17.1 Å². The molecule has 0 heterocycles. The molecule has 0 saturated carbocycles. The molecule has 38 heavy (non-hydrogen) atoms. The van der Waals surface area contributed by atoms with Crippen molar-refractivity contribution in [2.45, 2.75) is 20.8 Å². The Labute approximate surface area is 227 Å². The minimum absolute atomic E-state index is 1.14. The molecule has 0 radical (unpaired) electrons. The molecular weight excluding hydrogens is 458 g/mol. The number of hydrogen-bond donors (Lipinski definition) is 0. The van der Waals surface area contributed by atoms with Crippen molar-refractivity contribution in [3.05, 3.63) is 160 Å². The summed E-state index contributed by atoms with van der Waals surface area (Å²) in [4.78, 5) is 2.30. The van der Waals surface area contributed by atoms with E-state index in [0.29, 0.717) is 0 Å². The van der Waals surface area contributed by atoms with E-state index in [-0.39, 0.29) is 0 Å². The molecule has 0 unspecified atom stereocenters. The maximum atomic E-state index is 2.30. The fourth-order valence-corrected chi connectivity index (χ4v) is 4.35. The van der Waals surface area contributed by atoms with Crippen LogP contribution < -0.4 is 4.90 Å². The maximum absolute atomic E-state index is 2.30. The molecule has 0 spiro atoms. The number of rotatable bonds is 7. The van der Waals surface area contributed by atoms with Gasteiger partial charge in [0.1, 0.15) is 0 Å². The molecule has 1 heteroatoms. The van der Waals surface area contributed by atoms with Crippen molar-refractivity contribution in [2.75, 3.05) is 4.90 Å². The van der Waals surface area contributed by atoms with Gasteiger partial charge in [-0.05, 0) is 79.4 Å². The Bertz CT molecular complexity index is 1470. The van der Waals surface area contributed by atoms with E-state index in [0.717, 1.165) is 17.1 Å². The molecule has 5 rings (SSSR count). The van der Waals surface area contributed by atoms with Gasteiger partial charge in [0.15, 0.2) is 0 Å². The first kappa shape index (κ1) is 25.0. The topological polar surface area (TPSA) is 3.24 Å². The van der Waals surface area contributed by atoms with Crippen molar-refractivity contribution >= 4 is 41.4 Å². The van der Waals surface area contributed by atoms with Gasteiger partial charge in [-0.2, -0.15) is 0 Å².